The summed E-state index contributed by atoms with van der Waals surface area (Å²) >= 11 is 3.27. The molecule has 15 heavy (non-hydrogen) atoms. The lowest BCUT2D eigenvalue weighted by Crippen LogP contribution is -2.08. The molecule has 0 aliphatic rings. The number of oxazole rings is 1. The Bertz CT molecular complexity index is 529. The molecule has 1 aromatic carbocycles. The van der Waals surface area contributed by atoms with Crippen molar-refractivity contribution in [3.05, 3.63) is 28.7 Å². The summed E-state index contributed by atoms with van der Waals surface area (Å²) in [5.41, 5.74) is 1.32. The largest absolute Gasteiger partial charge is 0.493 e. The first-order valence-corrected chi connectivity index (χ1v) is 5.63. The SMILES string of the molecule is Cn1c(=O)oc2cc(OCCBr)ccc21. The summed E-state index contributed by atoms with van der Waals surface area (Å²) in [6, 6.07) is 5.35. The van der Waals surface area contributed by atoms with E-state index in [-0.39, 0.29) is 5.76 Å². The highest BCUT2D eigenvalue weighted by molar-refractivity contribution is 9.09. The van der Waals surface area contributed by atoms with E-state index in [2.05, 4.69) is 15.9 Å². The first-order valence-electron chi connectivity index (χ1n) is 4.50. The fraction of sp³-hybridized carbons (Fsp3) is 0.300. The van der Waals surface area contributed by atoms with Gasteiger partial charge in [0.25, 0.3) is 0 Å². The Balaban J connectivity index is 2.43. The van der Waals surface area contributed by atoms with E-state index in [9.17, 15) is 4.79 Å². The monoisotopic (exact) mass is 271 g/mol. The van der Waals surface area contributed by atoms with E-state index < -0.39 is 0 Å². The number of aromatic nitrogens is 1. The van der Waals surface area contributed by atoms with Gasteiger partial charge in [-0.1, -0.05) is 15.9 Å². The number of hydrogen-bond acceptors (Lipinski definition) is 3. The summed E-state index contributed by atoms with van der Waals surface area (Å²) in [5, 5.41) is 0.768. The molecule has 0 bridgehead atoms. The molecule has 1 heterocycles. The highest BCUT2D eigenvalue weighted by Crippen LogP contribution is 2.19. The second kappa shape index (κ2) is 4.10. The van der Waals surface area contributed by atoms with Crippen LogP contribution in [0.5, 0.6) is 5.75 Å². The maximum Gasteiger partial charge on any atom is 0.419 e. The van der Waals surface area contributed by atoms with E-state index >= 15 is 0 Å². The summed E-state index contributed by atoms with van der Waals surface area (Å²) in [4.78, 5) is 11.2. The minimum absolute atomic E-state index is 0.359. The third-order valence-electron chi connectivity index (χ3n) is 2.11. The van der Waals surface area contributed by atoms with Gasteiger partial charge in [-0.3, -0.25) is 4.57 Å². The smallest absolute Gasteiger partial charge is 0.419 e. The van der Waals surface area contributed by atoms with Gasteiger partial charge in [-0.15, -0.1) is 0 Å². The number of fused-ring (bicyclic) bond motifs is 1. The van der Waals surface area contributed by atoms with E-state index in [0.29, 0.717) is 17.9 Å². The van der Waals surface area contributed by atoms with Crippen LogP contribution in [-0.2, 0) is 7.05 Å². The van der Waals surface area contributed by atoms with Crippen LogP contribution >= 0.6 is 15.9 Å². The van der Waals surface area contributed by atoms with Crippen molar-refractivity contribution in [2.75, 3.05) is 11.9 Å². The lowest BCUT2D eigenvalue weighted by molar-refractivity contribution is 0.345. The van der Waals surface area contributed by atoms with Crippen LogP contribution in [0.15, 0.2) is 27.4 Å². The molecule has 0 saturated heterocycles. The third kappa shape index (κ3) is 1.92. The summed E-state index contributed by atoms with van der Waals surface area (Å²) in [6.45, 7) is 0.586. The van der Waals surface area contributed by atoms with Gasteiger partial charge in [0.1, 0.15) is 5.75 Å². The van der Waals surface area contributed by atoms with Crippen LogP contribution in [0.3, 0.4) is 0 Å². The van der Waals surface area contributed by atoms with E-state index in [0.717, 1.165) is 10.8 Å². The van der Waals surface area contributed by atoms with Gasteiger partial charge in [-0.05, 0) is 12.1 Å². The van der Waals surface area contributed by atoms with Gasteiger partial charge in [0.2, 0.25) is 0 Å². The fourth-order valence-corrected chi connectivity index (χ4v) is 1.52. The van der Waals surface area contributed by atoms with Gasteiger partial charge in [0, 0.05) is 18.4 Å². The summed E-state index contributed by atoms with van der Waals surface area (Å²) in [5.74, 6) is 0.346. The van der Waals surface area contributed by atoms with Crippen LogP contribution in [0.2, 0.25) is 0 Å². The molecule has 0 N–H and O–H groups in total. The Hall–Kier alpha value is -1.23. The van der Waals surface area contributed by atoms with Crippen molar-refractivity contribution < 1.29 is 9.15 Å². The summed E-state index contributed by atoms with van der Waals surface area (Å²) < 4.78 is 11.9. The van der Waals surface area contributed by atoms with Crippen molar-refractivity contribution in [2.24, 2.45) is 7.05 Å². The lowest BCUT2D eigenvalue weighted by atomic mass is 10.3. The molecule has 0 aliphatic heterocycles. The normalized spacial score (nSPS) is 10.8. The predicted octanol–water partition coefficient (Wildman–Crippen LogP) is 1.91. The van der Waals surface area contributed by atoms with Crippen LogP contribution < -0.4 is 10.5 Å². The second-order valence-electron chi connectivity index (χ2n) is 3.09. The molecule has 1 aromatic heterocycles. The number of halogens is 1. The third-order valence-corrected chi connectivity index (χ3v) is 2.43. The lowest BCUT2D eigenvalue weighted by Gasteiger charge is -2.02. The number of ether oxygens (including phenoxy) is 1. The molecule has 0 amide bonds. The van der Waals surface area contributed by atoms with Crippen molar-refractivity contribution in [1.29, 1.82) is 0 Å². The minimum atomic E-state index is -0.359. The fourth-order valence-electron chi connectivity index (χ4n) is 1.36. The van der Waals surface area contributed by atoms with Crippen LogP contribution in [0.4, 0.5) is 0 Å². The Labute approximate surface area is 94.6 Å². The molecule has 0 radical (unpaired) electrons. The van der Waals surface area contributed by atoms with Gasteiger partial charge in [0.15, 0.2) is 5.58 Å². The molecule has 0 saturated carbocycles. The molecule has 0 aliphatic carbocycles. The molecule has 5 heteroatoms. The highest BCUT2D eigenvalue weighted by atomic mass is 79.9. The van der Waals surface area contributed by atoms with Crippen molar-refractivity contribution in [1.82, 2.24) is 4.57 Å². The van der Waals surface area contributed by atoms with Gasteiger partial charge in [0.05, 0.1) is 12.1 Å². The van der Waals surface area contributed by atoms with Gasteiger partial charge in [-0.2, -0.15) is 0 Å². The molecular weight excluding hydrogens is 262 g/mol. The molecule has 0 unspecified atom stereocenters. The van der Waals surface area contributed by atoms with E-state index in [1.54, 1.807) is 13.1 Å². The first kappa shape index (κ1) is 10.3. The number of nitrogens with zero attached hydrogens (tertiary/aromatic N) is 1. The topological polar surface area (TPSA) is 44.4 Å². The maximum absolute atomic E-state index is 11.2. The Morgan fingerprint density at radius 3 is 3.07 bits per heavy atom. The van der Waals surface area contributed by atoms with Gasteiger partial charge in [-0.25, -0.2) is 4.79 Å². The van der Waals surface area contributed by atoms with E-state index in [1.807, 2.05) is 12.1 Å². The molecule has 2 rings (SSSR count). The van der Waals surface area contributed by atoms with Crippen molar-refractivity contribution in [2.45, 2.75) is 0 Å². The summed E-state index contributed by atoms with van der Waals surface area (Å²) in [7, 11) is 1.67. The molecule has 2 aromatic rings. The molecule has 0 spiro atoms. The Morgan fingerprint density at radius 2 is 2.33 bits per heavy atom. The minimum Gasteiger partial charge on any atom is -0.493 e. The number of alkyl halides is 1. The van der Waals surface area contributed by atoms with Crippen LogP contribution in [0, 0.1) is 0 Å². The average Bonchev–Trinajstić information content (AvgIpc) is 2.52. The molecule has 0 fully saturated rings. The zero-order valence-corrected chi connectivity index (χ0v) is 9.78. The standard InChI is InChI=1S/C10H10BrNO3/c1-12-8-3-2-7(14-5-4-11)6-9(8)15-10(12)13/h2-3,6H,4-5H2,1H3. The number of aryl methyl sites for hydroxylation is 1. The molecular formula is C10H10BrNO3. The molecule has 0 atom stereocenters. The van der Waals surface area contributed by atoms with Crippen LogP contribution in [0.1, 0.15) is 0 Å². The average molecular weight is 272 g/mol. The quantitative estimate of drug-likeness (QED) is 0.802. The Kier molecular flexibility index (Phi) is 2.81. The van der Waals surface area contributed by atoms with Crippen molar-refractivity contribution in [3.63, 3.8) is 0 Å². The van der Waals surface area contributed by atoms with E-state index in [4.69, 9.17) is 9.15 Å². The zero-order valence-electron chi connectivity index (χ0n) is 8.20. The van der Waals surface area contributed by atoms with Gasteiger partial charge < -0.3 is 9.15 Å². The summed E-state index contributed by atoms with van der Waals surface area (Å²) in [6.07, 6.45) is 0. The number of hydrogen-bond donors (Lipinski definition) is 0. The Morgan fingerprint density at radius 1 is 1.53 bits per heavy atom. The highest BCUT2D eigenvalue weighted by Gasteiger charge is 2.06. The second-order valence-corrected chi connectivity index (χ2v) is 3.89. The number of rotatable bonds is 3. The maximum atomic E-state index is 11.2. The van der Waals surface area contributed by atoms with Crippen molar-refractivity contribution in [3.8, 4) is 5.75 Å². The van der Waals surface area contributed by atoms with Crippen molar-refractivity contribution >= 4 is 27.0 Å². The first-order chi connectivity index (χ1) is 7.22. The molecule has 4 nitrogen and oxygen atoms in total. The van der Waals surface area contributed by atoms with Crippen LogP contribution in [0.25, 0.3) is 11.1 Å². The number of benzene rings is 1. The predicted molar refractivity (Wildman–Crippen MR) is 60.7 cm³/mol. The van der Waals surface area contributed by atoms with Gasteiger partial charge >= 0.3 is 5.76 Å². The molecule has 80 valence electrons. The van der Waals surface area contributed by atoms with Crippen LogP contribution in [-0.4, -0.2) is 16.5 Å². The van der Waals surface area contributed by atoms with E-state index in [1.165, 1.54) is 4.57 Å². The zero-order chi connectivity index (χ0) is 10.8.